The van der Waals surface area contributed by atoms with Gasteiger partial charge in [0.05, 0.1) is 0 Å². The lowest BCUT2D eigenvalue weighted by molar-refractivity contribution is 0.331. The normalized spacial score (nSPS) is 18.4. The molecule has 1 N–H and O–H groups in total. The number of halogens is 1. The minimum absolute atomic E-state index is 0.0678. The van der Waals surface area contributed by atoms with Crippen LogP contribution in [0.15, 0.2) is 35.6 Å². The summed E-state index contributed by atoms with van der Waals surface area (Å²) in [5.41, 5.74) is 2.95. The Bertz CT molecular complexity index is 838. The number of aliphatic hydroxyl groups excluding tert-OH is 1. The molecule has 3 rings (SSSR count). The van der Waals surface area contributed by atoms with Gasteiger partial charge in [-0.1, -0.05) is 46.2 Å². The molecule has 0 saturated carbocycles. The molecular weight excluding hydrogens is 310 g/mol. The summed E-state index contributed by atoms with van der Waals surface area (Å²) in [5, 5.41) is 20.4. The minimum Gasteiger partial charge on any atom is -0.506 e. The van der Waals surface area contributed by atoms with Gasteiger partial charge < -0.3 is 5.11 Å². The van der Waals surface area contributed by atoms with Crippen LogP contribution in [-0.4, -0.2) is 20.1 Å². The van der Waals surface area contributed by atoms with Crippen molar-refractivity contribution in [3.63, 3.8) is 0 Å². The monoisotopic (exact) mass is 331 g/mol. The Hall–Kier alpha value is -1.81. The van der Waals surface area contributed by atoms with E-state index in [-0.39, 0.29) is 16.6 Å². The Morgan fingerprint density at radius 1 is 1.17 bits per heavy atom. The summed E-state index contributed by atoms with van der Waals surface area (Å²) in [6, 6.07) is 5.40. The zero-order valence-corrected chi connectivity index (χ0v) is 14.9. The fourth-order valence-corrected chi connectivity index (χ4v) is 3.12. The van der Waals surface area contributed by atoms with Crippen molar-refractivity contribution in [2.24, 2.45) is 10.8 Å². The average Bonchev–Trinajstić information content (AvgIpc) is 2.82. The zero-order valence-electron chi connectivity index (χ0n) is 14.2. The van der Waals surface area contributed by atoms with Gasteiger partial charge >= 0.3 is 0 Å². The minimum atomic E-state index is -0.114. The van der Waals surface area contributed by atoms with Gasteiger partial charge in [-0.2, -0.15) is 0 Å². The van der Waals surface area contributed by atoms with Crippen molar-refractivity contribution in [3.8, 4) is 0 Å². The Kier molecular flexibility index (Phi) is 3.56. The van der Waals surface area contributed by atoms with E-state index in [0.717, 1.165) is 17.5 Å². The molecule has 0 fully saturated rings. The van der Waals surface area contributed by atoms with Gasteiger partial charge in [-0.25, -0.2) is 0 Å². The molecule has 0 atom stereocenters. The molecule has 23 heavy (non-hydrogen) atoms. The molecule has 0 saturated heterocycles. The molecule has 0 aliphatic heterocycles. The highest BCUT2D eigenvalue weighted by Gasteiger charge is 2.34. The maximum absolute atomic E-state index is 10.8. The van der Waals surface area contributed by atoms with E-state index in [1.54, 1.807) is 12.1 Å². The number of hydrogen-bond donors (Lipinski definition) is 1. The van der Waals surface area contributed by atoms with Gasteiger partial charge in [-0.15, -0.1) is 15.0 Å². The summed E-state index contributed by atoms with van der Waals surface area (Å²) in [6.45, 7) is 10.7. The Balaban J connectivity index is 2.18. The molecule has 4 nitrogen and oxygen atoms in total. The van der Waals surface area contributed by atoms with Gasteiger partial charge in [0.2, 0.25) is 0 Å². The van der Waals surface area contributed by atoms with Crippen molar-refractivity contribution in [1.82, 2.24) is 15.0 Å². The summed E-state index contributed by atoms with van der Waals surface area (Å²) in [6.07, 6.45) is 2.86. The quantitative estimate of drug-likeness (QED) is 0.780. The summed E-state index contributed by atoms with van der Waals surface area (Å²) >= 11 is 6.02. The first-order valence-electron chi connectivity index (χ1n) is 7.76. The molecule has 2 aromatic rings. The lowest BCUT2D eigenvalue weighted by Crippen LogP contribution is -2.25. The van der Waals surface area contributed by atoms with Crippen molar-refractivity contribution in [2.75, 3.05) is 0 Å². The van der Waals surface area contributed by atoms with Crippen LogP contribution in [0.5, 0.6) is 0 Å². The standard InChI is InChI=1S/C18H22ClN3O/c1-17(2,3)12-9-18(4,5)10-15(16(12)23)22-20-13-7-6-11(19)8-14(13)21-22/h6-8,10,23H,9H2,1-5H3. The molecule has 0 spiro atoms. The van der Waals surface area contributed by atoms with Crippen LogP contribution in [0.25, 0.3) is 16.7 Å². The molecule has 5 heteroatoms. The third-order valence-corrected chi connectivity index (χ3v) is 4.39. The second-order valence-corrected chi connectivity index (χ2v) is 8.33. The van der Waals surface area contributed by atoms with Crippen molar-refractivity contribution in [3.05, 3.63) is 40.6 Å². The van der Waals surface area contributed by atoms with Crippen LogP contribution < -0.4 is 0 Å². The highest BCUT2D eigenvalue weighted by Crippen LogP contribution is 2.44. The summed E-state index contributed by atoms with van der Waals surface area (Å²) < 4.78 is 0. The topological polar surface area (TPSA) is 50.9 Å². The first kappa shape index (κ1) is 16.1. The van der Waals surface area contributed by atoms with E-state index >= 15 is 0 Å². The molecule has 1 aliphatic rings. The number of allylic oxidation sites excluding steroid dienone is 3. The highest BCUT2D eigenvalue weighted by atomic mass is 35.5. The number of fused-ring (bicyclic) bond motifs is 1. The molecule has 1 aliphatic carbocycles. The van der Waals surface area contributed by atoms with Gasteiger partial charge in [-0.3, -0.25) is 0 Å². The van der Waals surface area contributed by atoms with E-state index in [2.05, 4.69) is 44.8 Å². The zero-order chi connectivity index (χ0) is 17.0. The predicted octanol–water partition coefficient (Wildman–Crippen LogP) is 5.21. The molecule has 1 aromatic carbocycles. The largest absolute Gasteiger partial charge is 0.506 e. The molecular formula is C18H22ClN3O. The number of benzene rings is 1. The number of rotatable bonds is 1. The van der Waals surface area contributed by atoms with Crippen LogP contribution in [0, 0.1) is 10.8 Å². The highest BCUT2D eigenvalue weighted by molar-refractivity contribution is 6.31. The molecule has 1 heterocycles. The average molecular weight is 332 g/mol. The molecule has 1 aromatic heterocycles. The summed E-state index contributed by atoms with van der Waals surface area (Å²) in [5.74, 6) is 0.281. The van der Waals surface area contributed by atoms with Crippen molar-refractivity contribution in [2.45, 2.75) is 41.0 Å². The molecule has 0 amide bonds. The molecule has 0 bridgehead atoms. The van der Waals surface area contributed by atoms with Crippen LogP contribution in [0.2, 0.25) is 5.02 Å². The van der Waals surface area contributed by atoms with E-state index in [1.807, 2.05) is 12.1 Å². The SMILES string of the molecule is CC1(C)C=C(n2nc3ccc(Cl)cc3n2)C(O)=C(C(C)(C)C)C1. The Morgan fingerprint density at radius 2 is 1.83 bits per heavy atom. The fourth-order valence-electron chi connectivity index (χ4n) is 2.95. The van der Waals surface area contributed by atoms with Crippen LogP contribution in [0.3, 0.4) is 0 Å². The second kappa shape index (κ2) is 5.10. The van der Waals surface area contributed by atoms with E-state index < -0.39 is 0 Å². The maximum atomic E-state index is 10.8. The Labute approximate surface area is 141 Å². The number of nitrogens with zero attached hydrogens (tertiary/aromatic N) is 3. The number of hydrogen-bond acceptors (Lipinski definition) is 3. The lowest BCUT2D eigenvalue weighted by atomic mass is 9.72. The van der Waals surface area contributed by atoms with E-state index in [9.17, 15) is 5.11 Å². The second-order valence-electron chi connectivity index (χ2n) is 7.89. The lowest BCUT2D eigenvalue weighted by Gasteiger charge is -2.35. The van der Waals surface area contributed by atoms with E-state index in [1.165, 1.54) is 4.80 Å². The van der Waals surface area contributed by atoms with Crippen molar-refractivity contribution in [1.29, 1.82) is 0 Å². The predicted molar refractivity (Wildman–Crippen MR) is 94.3 cm³/mol. The van der Waals surface area contributed by atoms with Crippen LogP contribution in [0.4, 0.5) is 0 Å². The van der Waals surface area contributed by atoms with Crippen LogP contribution >= 0.6 is 11.6 Å². The Morgan fingerprint density at radius 3 is 2.48 bits per heavy atom. The maximum Gasteiger partial charge on any atom is 0.142 e. The third-order valence-electron chi connectivity index (χ3n) is 4.15. The number of aromatic nitrogens is 3. The van der Waals surface area contributed by atoms with Crippen LogP contribution in [-0.2, 0) is 0 Å². The van der Waals surface area contributed by atoms with E-state index in [0.29, 0.717) is 16.2 Å². The van der Waals surface area contributed by atoms with Crippen LogP contribution in [0.1, 0.15) is 41.0 Å². The smallest absolute Gasteiger partial charge is 0.142 e. The van der Waals surface area contributed by atoms with Gasteiger partial charge in [0, 0.05) is 5.02 Å². The molecule has 0 unspecified atom stereocenters. The van der Waals surface area contributed by atoms with Gasteiger partial charge in [0.15, 0.2) is 0 Å². The molecule has 122 valence electrons. The summed E-state index contributed by atoms with van der Waals surface area (Å²) in [4.78, 5) is 1.52. The molecule has 0 radical (unpaired) electrons. The van der Waals surface area contributed by atoms with Crippen molar-refractivity contribution < 1.29 is 5.11 Å². The first-order chi connectivity index (χ1) is 10.6. The number of aliphatic hydroxyl groups is 1. The van der Waals surface area contributed by atoms with Gasteiger partial charge in [0.25, 0.3) is 0 Å². The first-order valence-corrected chi connectivity index (χ1v) is 8.13. The van der Waals surface area contributed by atoms with Gasteiger partial charge in [-0.05, 0) is 47.1 Å². The fraction of sp³-hybridized carbons (Fsp3) is 0.444. The van der Waals surface area contributed by atoms with Gasteiger partial charge in [0.1, 0.15) is 22.5 Å². The van der Waals surface area contributed by atoms with Crippen molar-refractivity contribution >= 4 is 28.3 Å². The third kappa shape index (κ3) is 3.00. The summed E-state index contributed by atoms with van der Waals surface area (Å²) in [7, 11) is 0. The van der Waals surface area contributed by atoms with E-state index in [4.69, 9.17) is 11.6 Å².